The molecule has 4 rings (SSSR count). The first kappa shape index (κ1) is 17.7. The van der Waals surface area contributed by atoms with Crippen LogP contribution in [0.4, 0.5) is 4.79 Å². The predicted octanol–water partition coefficient (Wildman–Crippen LogP) is 2.56. The van der Waals surface area contributed by atoms with Crippen LogP contribution in [-0.4, -0.2) is 50.8 Å². The predicted molar refractivity (Wildman–Crippen MR) is 98.4 cm³/mol. The quantitative estimate of drug-likeness (QED) is 0.632. The average Bonchev–Trinajstić information content (AvgIpc) is 3.29. The van der Waals surface area contributed by atoms with E-state index >= 15 is 0 Å². The number of benzene rings is 1. The summed E-state index contributed by atoms with van der Waals surface area (Å²) >= 11 is 1.30. The van der Waals surface area contributed by atoms with Crippen molar-refractivity contribution in [1.29, 1.82) is 0 Å². The Labute approximate surface area is 160 Å². The molecule has 3 aliphatic rings. The number of carbonyl (C=O) groups excluding carboxylic acids is 2. The van der Waals surface area contributed by atoms with Gasteiger partial charge in [-0.3, -0.25) is 9.69 Å². The van der Waals surface area contributed by atoms with Crippen LogP contribution in [0.2, 0.25) is 0 Å². The lowest BCUT2D eigenvalue weighted by atomic mass is 10.0. The molecule has 2 fully saturated rings. The molecule has 2 amide bonds. The molecule has 0 radical (unpaired) electrons. The maximum atomic E-state index is 12.5. The number of hydrogen-bond donors (Lipinski definition) is 1. The van der Waals surface area contributed by atoms with Crippen molar-refractivity contribution in [2.75, 3.05) is 6.54 Å². The minimum absolute atomic E-state index is 0.0118. The molecule has 0 aliphatic carbocycles. The number of ether oxygens (including phenoxy) is 1. The number of likely N-dealkylation sites (tertiary alicyclic amines) is 1. The maximum Gasteiger partial charge on any atom is 0.410 e. The molecular weight excluding hydrogens is 368 g/mol. The zero-order chi connectivity index (χ0) is 19.0. The van der Waals surface area contributed by atoms with Crippen molar-refractivity contribution in [3.63, 3.8) is 0 Å². The Morgan fingerprint density at radius 1 is 1.30 bits per heavy atom. The van der Waals surface area contributed by atoms with Crippen molar-refractivity contribution in [3.05, 3.63) is 58.6 Å². The fourth-order valence-electron chi connectivity index (χ4n) is 3.49. The molecule has 3 aliphatic heterocycles. The van der Waals surface area contributed by atoms with E-state index in [1.54, 1.807) is 11.0 Å². The van der Waals surface area contributed by atoms with E-state index in [1.165, 1.54) is 22.1 Å². The maximum absolute atomic E-state index is 12.5. The van der Waals surface area contributed by atoms with Gasteiger partial charge in [0.15, 0.2) is 0 Å². The van der Waals surface area contributed by atoms with Crippen LogP contribution >= 0.6 is 11.8 Å². The Hall–Kier alpha value is -2.74. The molecule has 7 nitrogen and oxygen atoms in total. The standard InChI is InChI=1S/C19H18N2O5S/c22-16-14(17-21(16)15(11-27-17)18(23)24)9-13-7-4-8-20(13)19(25)26-10-12-5-2-1-3-6-12/h1-3,5-6,9,11,13,17H,4,7-8,10H2,(H,23,24)/b14-9-/t13?,17-/m0/s1. The van der Waals surface area contributed by atoms with Gasteiger partial charge in [0.2, 0.25) is 0 Å². The van der Waals surface area contributed by atoms with E-state index in [-0.39, 0.29) is 29.6 Å². The minimum atomic E-state index is -1.11. The number of hydrogen-bond acceptors (Lipinski definition) is 5. The highest BCUT2D eigenvalue weighted by molar-refractivity contribution is 8.03. The summed E-state index contributed by atoms with van der Waals surface area (Å²) in [7, 11) is 0. The second kappa shape index (κ2) is 7.11. The Morgan fingerprint density at radius 3 is 2.81 bits per heavy atom. The van der Waals surface area contributed by atoms with Crippen LogP contribution in [0.15, 0.2) is 53.1 Å². The smallest absolute Gasteiger partial charge is 0.410 e. The zero-order valence-corrected chi connectivity index (χ0v) is 15.2. The number of carbonyl (C=O) groups is 3. The van der Waals surface area contributed by atoms with Gasteiger partial charge in [-0.2, -0.15) is 0 Å². The molecule has 140 valence electrons. The van der Waals surface area contributed by atoms with Crippen LogP contribution < -0.4 is 0 Å². The summed E-state index contributed by atoms with van der Waals surface area (Å²) in [5.74, 6) is -1.41. The van der Waals surface area contributed by atoms with Crippen molar-refractivity contribution in [2.45, 2.75) is 30.9 Å². The molecule has 27 heavy (non-hydrogen) atoms. The Kier molecular flexibility index (Phi) is 4.65. The number of carboxylic acids is 1. The lowest BCUT2D eigenvalue weighted by Gasteiger charge is -2.38. The fourth-order valence-corrected chi connectivity index (χ4v) is 4.62. The van der Waals surface area contributed by atoms with E-state index in [4.69, 9.17) is 9.84 Å². The Balaban J connectivity index is 1.41. The second-order valence-electron chi connectivity index (χ2n) is 6.54. The van der Waals surface area contributed by atoms with Crippen molar-refractivity contribution in [2.24, 2.45) is 0 Å². The van der Waals surface area contributed by atoms with E-state index in [9.17, 15) is 14.4 Å². The molecule has 0 aromatic heterocycles. The second-order valence-corrected chi connectivity index (χ2v) is 7.49. The number of amides is 2. The highest BCUT2D eigenvalue weighted by Crippen LogP contribution is 2.45. The van der Waals surface area contributed by atoms with Crippen LogP contribution in [0.5, 0.6) is 0 Å². The summed E-state index contributed by atoms with van der Waals surface area (Å²) in [6.07, 6.45) is 2.99. The molecule has 1 aromatic carbocycles. The summed E-state index contributed by atoms with van der Waals surface area (Å²) in [5, 5.41) is 10.3. The van der Waals surface area contributed by atoms with Crippen molar-refractivity contribution in [3.8, 4) is 0 Å². The van der Waals surface area contributed by atoms with E-state index < -0.39 is 12.1 Å². The van der Waals surface area contributed by atoms with Gasteiger partial charge in [-0.1, -0.05) is 36.4 Å². The molecule has 0 bridgehead atoms. The van der Waals surface area contributed by atoms with Crippen molar-refractivity contribution < 1.29 is 24.2 Å². The van der Waals surface area contributed by atoms with Gasteiger partial charge in [0.1, 0.15) is 17.7 Å². The molecule has 8 heteroatoms. The monoisotopic (exact) mass is 386 g/mol. The summed E-state index contributed by atoms with van der Waals surface area (Å²) in [4.78, 5) is 38.9. The van der Waals surface area contributed by atoms with Gasteiger partial charge in [0.25, 0.3) is 5.91 Å². The highest BCUT2D eigenvalue weighted by Gasteiger charge is 2.50. The molecule has 2 atom stereocenters. The molecule has 1 aromatic rings. The number of thioether (sulfide) groups is 1. The Bertz CT molecular complexity index is 851. The van der Waals surface area contributed by atoms with E-state index in [2.05, 4.69) is 0 Å². The third-order valence-corrected chi connectivity index (χ3v) is 5.95. The lowest BCUT2D eigenvalue weighted by molar-refractivity contribution is -0.141. The largest absolute Gasteiger partial charge is 0.477 e. The first-order valence-electron chi connectivity index (χ1n) is 8.68. The molecular formula is C19H18N2O5S. The number of fused-ring (bicyclic) bond motifs is 1. The number of aliphatic carboxylic acids is 1. The molecule has 2 saturated heterocycles. The summed E-state index contributed by atoms with van der Waals surface area (Å²) in [5.41, 5.74) is 1.48. The summed E-state index contributed by atoms with van der Waals surface area (Å²) < 4.78 is 5.41. The van der Waals surface area contributed by atoms with Crippen LogP contribution in [-0.2, 0) is 20.9 Å². The highest BCUT2D eigenvalue weighted by atomic mass is 32.2. The first-order valence-corrected chi connectivity index (χ1v) is 9.62. The van der Waals surface area contributed by atoms with Gasteiger partial charge in [-0.25, -0.2) is 9.59 Å². The van der Waals surface area contributed by atoms with Crippen LogP contribution in [0.3, 0.4) is 0 Å². The molecule has 1 unspecified atom stereocenters. The zero-order valence-electron chi connectivity index (χ0n) is 14.4. The number of carboxylic acid groups (broad SMARTS) is 1. The fraction of sp³-hybridized carbons (Fsp3) is 0.316. The Morgan fingerprint density at radius 2 is 2.07 bits per heavy atom. The van der Waals surface area contributed by atoms with Gasteiger partial charge >= 0.3 is 12.1 Å². The number of nitrogens with zero attached hydrogens (tertiary/aromatic N) is 2. The number of β-lactam (4-membered cyclic amide) rings is 1. The summed E-state index contributed by atoms with van der Waals surface area (Å²) in [6.45, 7) is 0.785. The van der Waals surface area contributed by atoms with Crippen molar-refractivity contribution >= 4 is 29.7 Å². The SMILES string of the molecule is O=C(O)C1=CS[C@H]2/C(=C\C3CCCN3C(=O)OCc3ccccc3)C(=O)N12. The van der Waals surface area contributed by atoms with E-state index in [0.29, 0.717) is 12.1 Å². The van der Waals surface area contributed by atoms with Gasteiger partial charge in [0, 0.05) is 17.5 Å². The number of rotatable bonds is 4. The van der Waals surface area contributed by atoms with Gasteiger partial charge < -0.3 is 14.7 Å². The normalized spacial score (nSPS) is 25.3. The van der Waals surface area contributed by atoms with E-state index in [1.807, 2.05) is 30.3 Å². The lowest BCUT2D eigenvalue weighted by Crippen LogP contribution is -2.52. The van der Waals surface area contributed by atoms with E-state index in [0.717, 1.165) is 18.4 Å². The van der Waals surface area contributed by atoms with Crippen LogP contribution in [0.25, 0.3) is 0 Å². The van der Waals surface area contributed by atoms with Gasteiger partial charge in [0.05, 0.1) is 6.04 Å². The van der Waals surface area contributed by atoms with Crippen LogP contribution in [0, 0.1) is 0 Å². The van der Waals surface area contributed by atoms with Crippen LogP contribution in [0.1, 0.15) is 18.4 Å². The molecule has 0 spiro atoms. The molecule has 1 N–H and O–H groups in total. The van der Waals surface area contributed by atoms with Crippen molar-refractivity contribution in [1.82, 2.24) is 9.80 Å². The minimum Gasteiger partial charge on any atom is -0.477 e. The third kappa shape index (κ3) is 3.21. The molecule has 0 saturated carbocycles. The third-order valence-electron chi connectivity index (χ3n) is 4.86. The first-order chi connectivity index (χ1) is 13.1. The van der Waals surface area contributed by atoms with Gasteiger partial charge in [-0.15, -0.1) is 11.8 Å². The molecule has 3 heterocycles. The summed E-state index contributed by atoms with van der Waals surface area (Å²) in [6, 6.07) is 9.26. The average molecular weight is 386 g/mol. The van der Waals surface area contributed by atoms with Gasteiger partial charge in [-0.05, 0) is 18.4 Å². The topological polar surface area (TPSA) is 87.1 Å².